The van der Waals surface area contributed by atoms with Crippen molar-refractivity contribution in [1.29, 1.82) is 0 Å². The molecule has 1 aromatic heterocycles. The van der Waals surface area contributed by atoms with Crippen LogP contribution < -0.4 is 5.32 Å². The Morgan fingerprint density at radius 2 is 2.10 bits per heavy atom. The molecule has 0 aromatic carbocycles. The summed E-state index contributed by atoms with van der Waals surface area (Å²) in [5.41, 5.74) is 0. The van der Waals surface area contributed by atoms with Crippen molar-refractivity contribution in [1.82, 2.24) is 25.0 Å². The minimum absolute atomic E-state index is 0.612. The van der Waals surface area contributed by atoms with Crippen molar-refractivity contribution >= 4 is 0 Å². The van der Waals surface area contributed by atoms with E-state index in [-0.39, 0.29) is 0 Å². The van der Waals surface area contributed by atoms with Gasteiger partial charge in [-0.1, -0.05) is 20.8 Å². The molecule has 1 aliphatic heterocycles. The molecule has 0 bridgehead atoms. The SMILES string of the molecule is CCCNCC1CCN(Cc2ncnn2CC(C)C)CC1. The zero-order valence-electron chi connectivity index (χ0n) is 13.9. The first-order valence-electron chi connectivity index (χ1n) is 8.48. The molecule has 0 radical (unpaired) electrons. The molecule has 0 aliphatic carbocycles. The summed E-state index contributed by atoms with van der Waals surface area (Å²) in [4.78, 5) is 6.97. The molecule has 120 valence electrons. The summed E-state index contributed by atoms with van der Waals surface area (Å²) in [6, 6.07) is 0. The van der Waals surface area contributed by atoms with E-state index in [4.69, 9.17) is 0 Å². The highest BCUT2D eigenvalue weighted by molar-refractivity contribution is 4.86. The van der Waals surface area contributed by atoms with Crippen molar-refractivity contribution in [2.24, 2.45) is 11.8 Å². The Bertz CT molecular complexity index is 393. The Labute approximate surface area is 129 Å². The van der Waals surface area contributed by atoms with E-state index in [0.29, 0.717) is 5.92 Å². The molecule has 1 N–H and O–H groups in total. The Hall–Kier alpha value is -0.940. The lowest BCUT2D eigenvalue weighted by atomic mass is 9.97. The summed E-state index contributed by atoms with van der Waals surface area (Å²) in [6.45, 7) is 13.3. The summed E-state index contributed by atoms with van der Waals surface area (Å²) >= 11 is 0. The van der Waals surface area contributed by atoms with E-state index in [2.05, 4.69) is 45.8 Å². The maximum absolute atomic E-state index is 4.44. The lowest BCUT2D eigenvalue weighted by Crippen LogP contribution is -2.37. The van der Waals surface area contributed by atoms with Gasteiger partial charge in [0, 0.05) is 6.54 Å². The minimum atomic E-state index is 0.612. The monoisotopic (exact) mass is 293 g/mol. The lowest BCUT2D eigenvalue weighted by Gasteiger charge is -2.31. The molecular formula is C16H31N5. The Balaban J connectivity index is 1.74. The van der Waals surface area contributed by atoms with Crippen molar-refractivity contribution in [2.75, 3.05) is 26.2 Å². The summed E-state index contributed by atoms with van der Waals surface area (Å²) < 4.78 is 2.07. The average Bonchev–Trinajstić information content (AvgIpc) is 2.87. The van der Waals surface area contributed by atoms with Crippen LogP contribution in [0, 0.1) is 11.8 Å². The molecule has 2 rings (SSSR count). The number of piperidine rings is 1. The molecule has 0 amide bonds. The standard InChI is InChI=1S/C16H31N5/c1-4-7-17-10-15-5-8-20(9-6-15)12-16-18-13-19-21(16)11-14(2)3/h13-15,17H,4-12H2,1-3H3. The second-order valence-corrected chi connectivity index (χ2v) is 6.68. The Morgan fingerprint density at radius 3 is 2.76 bits per heavy atom. The van der Waals surface area contributed by atoms with Gasteiger partial charge in [-0.25, -0.2) is 9.67 Å². The van der Waals surface area contributed by atoms with Crippen molar-refractivity contribution in [2.45, 2.75) is 53.1 Å². The van der Waals surface area contributed by atoms with Crippen LogP contribution in [0.25, 0.3) is 0 Å². The topological polar surface area (TPSA) is 46.0 Å². The van der Waals surface area contributed by atoms with Crippen LogP contribution >= 0.6 is 0 Å². The number of aromatic nitrogens is 3. The van der Waals surface area contributed by atoms with Gasteiger partial charge in [-0.2, -0.15) is 5.10 Å². The van der Waals surface area contributed by atoms with E-state index in [1.807, 2.05) is 0 Å². The third-order valence-corrected chi connectivity index (χ3v) is 4.17. The van der Waals surface area contributed by atoms with Gasteiger partial charge in [0.15, 0.2) is 0 Å². The van der Waals surface area contributed by atoms with Gasteiger partial charge in [0.2, 0.25) is 0 Å². The fourth-order valence-corrected chi connectivity index (χ4v) is 2.94. The molecule has 0 atom stereocenters. The number of hydrogen-bond donors (Lipinski definition) is 1. The van der Waals surface area contributed by atoms with Crippen LogP contribution in [-0.2, 0) is 13.1 Å². The maximum Gasteiger partial charge on any atom is 0.141 e. The largest absolute Gasteiger partial charge is 0.316 e. The quantitative estimate of drug-likeness (QED) is 0.746. The summed E-state index contributed by atoms with van der Waals surface area (Å²) in [5.74, 6) is 2.58. The number of likely N-dealkylation sites (tertiary alicyclic amines) is 1. The fourth-order valence-electron chi connectivity index (χ4n) is 2.94. The summed E-state index contributed by atoms with van der Waals surface area (Å²) in [7, 11) is 0. The van der Waals surface area contributed by atoms with Crippen LogP contribution in [0.3, 0.4) is 0 Å². The van der Waals surface area contributed by atoms with Crippen LogP contribution in [0.1, 0.15) is 45.9 Å². The molecule has 1 aliphatic rings. The predicted molar refractivity (Wildman–Crippen MR) is 86.0 cm³/mol. The Morgan fingerprint density at radius 1 is 1.33 bits per heavy atom. The van der Waals surface area contributed by atoms with Crippen molar-refractivity contribution < 1.29 is 0 Å². The van der Waals surface area contributed by atoms with E-state index >= 15 is 0 Å². The van der Waals surface area contributed by atoms with E-state index in [0.717, 1.165) is 31.4 Å². The molecule has 1 aromatic rings. The zero-order chi connectivity index (χ0) is 15.1. The Kier molecular flexibility index (Phi) is 6.64. The van der Waals surface area contributed by atoms with Gasteiger partial charge in [-0.15, -0.1) is 0 Å². The first kappa shape index (κ1) is 16.4. The van der Waals surface area contributed by atoms with Gasteiger partial charge in [0.1, 0.15) is 12.2 Å². The highest BCUT2D eigenvalue weighted by Crippen LogP contribution is 2.18. The normalized spacial score (nSPS) is 17.7. The van der Waals surface area contributed by atoms with Gasteiger partial charge < -0.3 is 5.32 Å². The fraction of sp³-hybridized carbons (Fsp3) is 0.875. The zero-order valence-corrected chi connectivity index (χ0v) is 13.9. The van der Waals surface area contributed by atoms with Crippen LogP contribution in [-0.4, -0.2) is 45.8 Å². The lowest BCUT2D eigenvalue weighted by molar-refractivity contribution is 0.169. The number of nitrogens with one attached hydrogen (secondary N) is 1. The molecule has 2 heterocycles. The highest BCUT2D eigenvalue weighted by atomic mass is 15.3. The first-order chi connectivity index (χ1) is 10.2. The van der Waals surface area contributed by atoms with E-state index in [1.54, 1.807) is 6.33 Å². The van der Waals surface area contributed by atoms with Gasteiger partial charge in [-0.05, 0) is 57.3 Å². The second-order valence-electron chi connectivity index (χ2n) is 6.68. The maximum atomic E-state index is 4.44. The summed E-state index contributed by atoms with van der Waals surface area (Å²) in [6.07, 6.45) is 5.52. The van der Waals surface area contributed by atoms with Gasteiger partial charge in [-0.3, -0.25) is 4.90 Å². The number of hydrogen-bond acceptors (Lipinski definition) is 4. The van der Waals surface area contributed by atoms with E-state index < -0.39 is 0 Å². The van der Waals surface area contributed by atoms with Crippen molar-refractivity contribution in [3.8, 4) is 0 Å². The molecule has 1 saturated heterocycles. The molecular weight excluding hydrogens is 262 g/mol. The van der Waals surface area contributed by atoms with Crippen LogP contribution in [0.2, 0.25) is 0 Å². The van der Waals surface area contributed by atoms with Gasteiger partial charge >= 0.3 is 0 Å². The van der Waals surface area contributed by atoms with Crippen molar-refractivity contribution in [3.05, 3.63) is 12.2 Å². The molecule has 5 heteroatoms. The van der Waals surface area contributed by atoms with E-state index in [1.165, 1.54) is 38.9 Å². The van der Waals surface area contributed by atoms with Crippen molar-refractivity contribution in [3.63, 3.8) is 0 Å². The van der Waals surface area contributed by atoms with E-state index in [9.17, 15) is 0 Å². The second kappa shape index (κ2) is 8.49. The molecule has 1 fully saturated rings. The smallest absolute Gasteiger partial charge is 0.141 e. The number of rotatable bonds is 8. The number of nitrogens with zero attached hydrogens (tertiary/aromatic N) is 4. The third kappa shape index (κ3) is 5.40. The van der Waals surface area contributed by atoms with Gasteiger partial charge in [0.25, 0.3) is 0 Å². The van der Waals surface area contributed by atoms with Crippen LogP contribution in [0.5, 0.6) is 0 Å². The highest BCUT2D eigenvalue weighted by Gasteiger charge is 2.20. The molecule has 0 spiro atoms. The molecule has 5 nitrogen and oxygen atoms in total. The molecule has 0 saturated carbocycles. The molecule has 0 unspecified atom stereocenters. The third-order valence-electron chi connectivity index (χ3n) is 4.17. The van der Waals surface area contributed by atoms with Gasteiger partial charge in [0.05, 0.1) is 6.54 Å². The minimum Gasteiger partial charge on any atom is -0.316 e. The first-order valence-corrected chi connectivity index (χ1v) is 8.48. The average molecular weight is 293 g/mol. The summed E-state index contributed by atoms with van der Waals surface area (Å²) in [5, 5.41) is 7.91. The van der Waals surface area contributed by atoms with Crippen LogP contribution in [0.15, 0.2) is 6.33 Å². The molecule has 21 heavy (non-hydrogen) atoms. The predicted octanol–water partition coefficient (Wildman–Crippen LogP) is 2.15. The van der Waals surface area contributed by atoms with Crippen LogP contribution in [0.4, 0.5) is 0 Å².